The summed E-state index contributed by atoms with van der Waals surface area (Å²) >= 11 is 3.49. The Hall–Kier alpha value is -3.64. The van der Waals surface area contributed by atoms with Gasteiger partial charge in [0.05, 0.1) is 5.56 Å². The largest absolute Gasteiger partial charge is 0.488 e. The van der Waals surface area contributed by atoms with Gasteiger partial charge in [-0.05, 0) is 46.7 Å². The van der Waals surface area contributed by atoms with Crippen molar-refractivity contribution in [3.05, 3.63) is 112 Å². The summed E-state index contributed by atoms with van der Waals surface area (Å²) in [4.78, 5) is 12.4. The third-order valence-electron chi connectivity index (χ3n) is 5.43. The molecule has 4 aromatic carbocycles. The number of para-hydroxylation sites is 1. The van der Waals surface area contributed by atoms with Crippen molar-refractivity contribution >= 4 is 38.5 Å². The summed E-state index contributed by atoms with van der Waals surface area (Å²) in [6, 6.07) is 29.6. The van der Waals surface area contributed by atoms with Crippen LogP contribution >= 0.6 is 15.9 Å². The van der Waals surface area contributed by atoms with E-state index in [0.29, 0.717) is 23.8 Å². The van der Waals surface area contributed by atoms with Crippen molar-refractivity contribution in [1.82, 2.24) is 5.01 Å². The molecule has 1 aliphatic heterocycles. The van der Waals surface area contributed by atoms with E-state index in [2.05, 4.69) is 27.1 Å². The Bertz CT molecular complexity index is 1370. The average Bonchev–Trinajstić information content (AvgIpc) is 3.28. The van der Waals surface area contributed by atoms with Crippen LogP contribution in [0.3, 0.4) is 0 Å². The number of halogens is 1. The van der Waals surface area contributed by atoms with Crippen LogP contribution in [-0.4, -0.2) is 16.8 Å². The zero-order chi connectivity index (χ0) is 22.8. The summed E-state index contributed by atoms with van der Waals surface area (Å²) in [7, 11) is 0. The van der Waals surface area contributed by atoms with Gasteiger partial charge in [0.25, 0.3) is 0 Å². The third-order valence-corrected chi connectivity index (χ3v) is 5.92. The third kappa shape index (κ3) is 4.47. The van der Waals surface area contributed by atoms with Crippen LogP contribution in [-0.2, 0) is 16.1 Å². The lowest BCUT2D eigenvalue weighted by atomic mass is 10.1. The first-order chi connectivity index (χ1) is 16.1. The number of hydrogen-bond donors (Lipinski definition) is 0. The molecular weight excluding hydrogens is 480 g/mol. The van der Waals surface area contributed by atoms with Crippen LogP contribution in [0.1, 0.15) is 29.8 Å². The second-order valence-corrected chi connectivity index (χ2v) is 8.68. The minimum atomic E-state index is -0.639. The normalized spacial score (nSPS) is 15.3. The highest BCUT2D eigenvalue weighted by Crippen LogP contribution is 2.34. The van der Waals surface area contributed by atoms with Gasteiger partial charge in [0.2, 0.25) is 18.0 Å². The zero-order valence-electron chi connectivity index (χ0n) is 17.9. The van der Waals surface area contributed by atoms with Gasteiger partial charge in [-0.15, -0.1) is 5.10 Å². The molecule has 33 heavy (non-hydrogen) atoms. The Labute approximate surface area is 200 Å². The monoisotopic (exact) mass is 500 g/mol. The number of hydrazone groups is 1. The van der Waals surface area contributed by atoms with Crippen LogP contribution in [0.4, 0.5) is 0 Å². The van der Waals surface area contributed by atoms with E-state index in [1.807, 2.05) is 84.9 Å². The van der Waals surface area contributed by atoms with E-state index in [4.69, 9.17) is 9.47 Å². The molecule has 164 valence electrons. The van der Waals surface area contributed by atoms with Crippen molar-refractivity contribution < 1.29 is 14.3 Å². The molecule has 1 amide bonds. The number of benzene rings is 4. The molecule has 0 aliphatic carbocycles. The summed E-state index contributed by atoms with van der Waals surface area (Å²) in [6.07, 6.45) is -0.639. The van der Waals surface area contributed by atoms with Gasteiger partial charge < -0.3 is 9.47 Å². The second-order valence-electron chi connectivity index (χ2n) is 7.76. The van der Waals surface area contributed by atoms with E-state index in [1.54, 1.807) is 0 Å². The summed E-state index contributed by atoms with van der Waals surface area (Å²) in [5.41, 5.74) is 2.59. The lowest BCUT2D eigenvalue weighted by Gasteiger charge is -2.20. The number of fused-ring (bicyclic) bond motifs is 1. The molecule has 0 N–H and O–H groups in total. The fraction of sp³-hybridized carbons (Fsp3) is 0.111. The minimum absolute atomic E-state index is 0.198. The number of hydrogen-bond acceptors (Lipinski definition) is 4. The molecule has 0 fully saturated rings. The Morgan fingerprint density at radius 2 is 1.76 bits per heavy atom. The lowest BCUT2D eigenvalue weighted by molar-refractivity contribution is -0.135. The number of nitrogens with zero attached hydrogens (tertiary/aromatic N) is 2. The smallest absolute Gasteiger partial charge is 0.244 e. The van der Waals surface area contributed by atoms with Crippen molar-refractivity contribution in [3.8, 4) is 5.75 Å². The molecule has 0 bridgehead atoms. The van der Waals surface area contributed by atoms with Crippen molar-refractivity contribution in [3.63, 3.8) is 0 Å². The number of carbonyl (C=O) groups excluding carboxylic acids is 1. The van der Waals surface area contributed by atoms with Gasteiger partial charge in [-0.2, -0.15) is 5.01 Å². The Kier molecular flexibility index (Phi) is 5.84. The van der Waals surface area contributed by atoms with Gasteiger partial charge in [0, 0.05) is 17.0 Å². The molecule has 4 aromatic rings. The minimum Gasteiger partial charge on any atom is -0.488 e. The maximum Gasteiger partial charge on any atom is 0.244 e. The molecule has 6 heteroatoms. The van der Waals surface area contributed by atoms with Crippen molar-refractivity contribution in [2.75, 3.05) is 0 Å². The predicted octanol–water partition coefficient (Wildman–Crippen LogP) is 6.42. The van der Waals surface area contributed by atoms with E-state index < -0.39 is 6.23 Å². The summed E-state index contributed by atoms with van der Waals surface area (Å²) in [6.45, 7) is 1.88. The van der Waals surface area contributed by atoms with Gasteiger partial charge in [-0.1, -0.05) is 76.6 Å². The van der Waals surface area contributed by atoms with E-state index in [0.717, 1.165) is 26.4 Å². The van der Waals surface area contributed by atoms with Crippen LogP contribution in [0.25, 0.3) is 10.8 Å². The van der Waals surface area contributed by atoms with Crippen molar-refractivity contribution in [2.45, 2.75) is 19.8 Å². The number of carbonyl (C=O) groups is 1. The van der Waals surface area contributed by atoms with E-state index in [1.165, 1.54) is 11.9 Å². The molecule has 0 aromatic heterocycles. The van der Waals surface area contributed by atoms with Crippen LogP contribution < -0.4 is 4.74 Å². The molecule has 1 atom stereocenters. The lowest BCUT2D eigenvalue weighted by Crippen LogP contribution is -2.25. The number of rotatable bonds is 5. The van der Waals surface area contributed by atoms with Gasteiger partial charge in [-0.25, -0.2) is 0 Å². The zero-order valence-corrected chi connectivity index (χ0v) is 19.5. The first-order valence-electron chi connectivity index (χ1n) is 10.6. The van der Waals surface area contributed by atoms with E-state index in [-0.39, 0.29) is 5.91 Å². The van der Waals surface area contributed by atoms with Gasteiger partial charge in [-0.3, -0.25) is 4.79 Å². The molecule has 5 rings (SSSR count). The SMILES string of the molecule is CC(=O)N1N=C(c2ccccc2OCc2cccc(Br)c2)O[C@H]1c1ccc2ccccc2c1. The van der Waals surface area contributed by atoms with Crippen LogP contribution in [0.15, 0.2) is 101 Å². The molecule has 5 nitrogen and oxygen atoms in total. The van der Waals surface area contributed by atoms with Gasteiger partial charge in [0.15, 0.2) is 0 Å². The molecule has 0 saturated carbocycles. The van der Waals surface area contributed by atoms with Crippen molar-refractivity contribution in [1.29, 1.82) is 0 Å². The van der Waals surface area contributed by atoms with Crippen molar-refractivity contribution in [2.24, 2.45) is 5.10 Å². The first-order valence-corrected chi connectivity index (χ1v) is 11.4. The molecule has 0 unspecified atom stereocenters. The topological polar surface area (TPSA) is 51.1 Å². The molecule has 0 saturated heterocycles. The average molecular weight is 501 g/mol. The van der Waals surface area contributed by atoms with Crippen LogP contribution in [0, 0.1) is 0 Å². The summed E-state index contributed by atoms with van der Waals surface area (Å²) < 4.78 is 13.3. The summed E-state index contributed by atoms with van der Waals surface area (Å²) in [5.74, 6) is 0.794. The highest BCUT2D eigenvalue weighted by atomic mass is 79.9. The number of ether oxygens (including phenoxy) is 2. The van der Waals surface area contributed by atoms with Crippen LogP contribution in [0.2, 0.25) is 0 Å². The van der Waals surface area contributed by atoms with Gasteiger partial charge in [0.1, 0.15) is 12.4 Å². The Balaban J connectivity index is 1.43. The molecule has 0 spiro atoms. The molecule has 0 radical (unpaired) electrons. The quantitative estimate of drug-likeness (QED) is 0.317. The fourth-order valence-corrected chi connectivity index (χ4v) is 4.26. The van der Waals surface area contributed by atoms with E-state index >= 15 is 0 Å². The predicted molar refractivity (Wildman–Crippen MR) is 132 cm³/mol. The van der Waals surface area contributed by atoms with Crippen LogP contribution in [0.5, 0.6) is 5.75 Å². The highest BCUT2D eigenvalue weighted by Gasteiger charge is 2.34. The Morgan fingerprint density at radius 3 is 2.58 bits per heavy atom. The summed E-state index contributed by atoms with van der Waals surface area (Å²) in [5, 5.41) is 8.10. The molecule has 1 aliphatic rings. The second kappa shape index (κ2) is 9.08. The highest BCUT2D eigenvalue weighted by molar-refractivity contribution is 9.10. The molecular formula is C27H21BrN2O3. The first kappa shape index (κ1) is 21.2. The Morgan fingerprint density at radius 1 is 0.970 bits per heavy atom. The standard InChI is InChI=1S/C27H21BrN2O3/c1-18(31)30-27(22-14-13-20-8-2-3-9-21(20)16-22)33-26(29-30)24-11-4-5-12-25(24)32-17-19-7-6-10-23(28)15-19/h2-16,27H,17H2,1H3/t27-/m0/s1. The van der Waals surface area contributed by atoms with Gasteiger partial charge >= 0.3 is 0 Å². The number of amides is 1. The van der Waals surface area contributed by atoms with E-state index in [9.17, 15) is 4.79 Å². The maximum absolute atomic E-state index is 12.4. The maximum atomic E-state index is 12.4. The molecule has 1 heterocycles. The fourth-order valence-electron chi connectivity index (χ4n) is 3.81.